The number of carbonyl (C=O) groups is 1. The van der Waals surface area contributed by atoms with Crippen molar-refractivity contribution in [2.45, 2.75) is 32.7 Å². The lowest BCUT2D eigenvalue weighted by Crippen LogP contribution is -2.42. The zero-order valence-corrected chi connectivity index (χ0v) is 11.9. The normalized spacial score (nSPS) is 21.4. The highest BCUT2D eigenvalue weighted by atomic mass is 16.2. The van der Waals surface area contributed by atoms with Crippen LogP contribution in [0.5, 0.6) is 0 Å². The fourth-order valence-corrected chi connectivity index (χ4v) is 2.86. The van der Waals surface area contributed by atoms with Crippen LogP contribution in [0.2, 0.25) is 0 Å². The van der Waals surface area contributed by atoms with Gasteiger partial charge in [0.2, 0.25) is 5.91 Å². The molecule has 0 aromatic heterocycles. The average molecular weight is 271 g/mol. The van der Waals surface area contributed by atoms with Crippen LogP contribution in [0, 0.1) is 16.7 Å². The first kappa shape index (κ1) is 14.5. The fraction of sp³-hybridized carbons (Fsp3) is 0.500. The number of carbonyl (C=O) groups excluding carboxylic acids is 1. The summed E-state index contributed by atoms with van der Waals surface area (Å²) >= 11 is 0. The Labute approximate surface area is 120 Å². The van der Waals surface area contributed by atoms with E-state index in [-0.39, 0.29) is 11.3 Å². The molecule has 2 N–H and O–H groups in total. The fourth-order valence-electron chi connectivity index (χ4n) is 2.86. The summed E-state index contributed by atoms with van der Waals surface area (Å²) in [5.74, 6) is 0.131. The van der Waals surface area contributed by atoms with Gasteiger partial charge in [0.05, 0.1) is 17.0 Å². The Morgan fingerprint density at radius 2 is 2.40 bits per heavy atom. The van der Waals surface area contributed by atoms with Crippen molar-refractivity contribution in [3.8, 4) is 6.07 Å². The number of hydrogen-bond donors (Lipinski definition) is 2. The van der Waals surface area contributed by atoms with Gasteiger partial charge in [-0.2, -0.15) is 5.26 Å². The monoisotopic (exact) mass is 271 g/mol. The third-order valence-corrected chi connectivity index (χ3v) is 3.96. The molecule has 1 aliphatic heterocycles. The third-order valence-electron chi connectivity index (χ3n) is 3.96. The molecule has 4 nitrogen and oxygen atoms in total. The summed E-state index contributed by atoms with van der Waals surface area (Å²) in [6, 6.07) is 9.48. The number of nitriles is 1. The molecule has 1 fully saturated rings. The first-order valence-corrected chi connectivity index (χ1v) is 7.18. The van der Waals surface area contributed by atoms with Crippen molar-refractivity contribution in [1.82, 2.24) is 10.6 Å². The number of benzene rings is 1. The Balaban J connectivity index is 1.98. The van der Waals surface area contributed by atoms with Crippen LogP contribution in [-0.2, 0) is 11.3 Å². The van der Waals surface area contributed by atoms with Gasteiger partial charge in [-0.15, -0.1) is 0 Å². The highest BCUT2D eigenvalue weighted by Gasteiger charge is 2.39. The lowest BCUT2D eigenvalue weighted by molar-refractivity contribution is -0.130. The first-order valence-electron chi connectivity index (χ1n) is 7.18. The lowest BCUT2D eigenvalue weighted by atomic mass is 9.81. The third kappa shape index (κ3) is 3.17. The molecule has 0 aliphatic carbocycles. The van der Waals surface area contributed by atoms with Gasteiger partial charge >= 0.3 is 0 Å². The van der Waals surface area contributed by atoms with Crippen LogP contribution in [0.3, 0.4) is 0 Å². The van der Waals surface area contributed by atoms with E-state index in [1.165, 1.54) is 0 Å². The minimum atomic E-state index is -0.248. The molecule has 0 saturated carbocycles. The van der Waals surface area contributed by atoms with Crippen LogP contribution in [0.1, 0.15) is 37.3 Å². The maximum atomic E-state index is 12.5. The van der Waals surface area contributed by atoms with Gasteiger partial charge in [0.25, 0.3) is 0 Å². The van der Waals surface area contributed by atoms with E-state index in [1.54, 1.807) is 6.07 Å². The molecule has 1 aromatic rings. The first-order chi connectivity index (χ1) is 9.70. The van der Waals surface area contributed by atoms with Gasteiger partial charge in [-0.3, -0.25) is 4.79 Å². The molecule has 1 unspecified atom stereocenters. The van der Waals surface area contributed by atoms with Crippen molar-refractivity contribution in [2.75, 3.05) is 13.1 Å². The van der Waals surface area contributed by atoms with Crippen molar-refractivity contribution in [1.29, 1.82) is 5.26 Å². The van der Waals surface area contributed by atoms with Crippen molar-refractivity contribution in [3.05, 3.63) is 35.4 Å². The molecule has 0 spiro atoms. The van der Waals surface area contributed by atoms with Crippen LogP contribution in [0.15, 0.2) is 24.3 Å². The predicted molar refractivity (Wildman–Crippen MR) is 77.8 cm³/mol. The maximum Gasteiger partial charge on any atom is 0.227 e. The average Bonchev–Trinajstić information content (AvgIpc) is 2.95. The molecule has 2 rings (SSSR count). The molecule has 106 valence electrons. The van der Waals surface area contributed by atoms with Gasteiger partial charge in [0.15, 0.2) is 0 Å². The van der Waals surface area contributed by atoms with Gasteiger partial charge in [0, 0.05) is 13.1 Å². The highest BCUT2D eigenvalue weighted by molar-refractivity contribution is 5.83. The van der Waals surface area contributed by atoms with Crippen molar-refractivity contribution >= 4 is 5.91 Å². The number of rotatable bonds is 5. The van der Waals surface area contributed by atoms with E-state index in [0.717, 1.165) is 37.9 Å². The van der Waals surface area contributed by atoms with E-state index in [0.29, 0.717) is 12.1 Å². The van der Waals surface area contributed by atoms with Crippen molar-refractivity contribution in [3.63, 3.8) is 0 Å². The summed E-state index contributed by atoms with van der Waals surface area (Å²) in [6.07, 6.45) is 2.84. The van der Waals surface area contributed by atoms with Gasteiger partial charge in [-0.1, -0.05) is 25.5 Å². The standard InChI is InChI=1S/C16H21N3O/c1-2-6-16(7-8-18-12-16)15(20)19-11-14-5-3-4-13(9-14)10-17/h3-5,9,18H,2,6-8,11-12H2,1H3,(H,19,20). The second-order valence-corrected chi connectivity index (χ2v) is 5.45. The number of hydrogen-bond acceptors (Lipinski definition) is 3. The molecule has 1 amide bonds. The molecule has 1 atom stereocenters. The highest BCUT2D eigenvalue weighted by Crippen LogP contribution is 2.31. The molecule has 1 aliphatic rings. The molecule has 4 heteroatoms. The lowest BCUT2D eigenvalue weighted by Gasteiger charge is -2.26. The summed E-state index contributed by atoms with van der Waals surface area (Å²) in [6.45, 7) is 4.28. The molecule has 20 heavy (non-hydrogen) atoms. The zero-order valence-electron chi connectivity index (χ0n) is 11.9. The quantitative estimate of drug-likeness (QED) is 0.860. The minimum absolute atomic E-state index is 0.131. The van der Waals surface area contributed by atoms with Crippen LogP contribution < -0.4 is 10.6 Å². The Kier molecular flexibility index (Phi) is 4.75. The minimum Gasteiger partial charge on any atom is -0.352 e. The van der Waals surface area contributed by atoms with Gasteiger partial charge < -0.3 is 10.6 Å². The zero-order chi connectivity index (χ0) is 14.4. The summed E-state index contributed by atoms with van der Waals surface area (Å²) < 4.78 is 0. The molecular weight excluding hydrogens is 250 g/mol. The van der Waals surface area contributed by atoms with Crippen molar-refractivity contribution < 1.29 is 4.79 Å². The molecule has 0 radical (unpaired) electrons. The van der Waals surface area contributed by atoms with E-state index >= 15 is 0 Å². The Hall–Kier alpha value is -1.86. The summed E-state index contributed by atoms with van der Waals surface area (Å²) in [4.78, 5) is 12.5. The number of amides is 1. The SMILES string of the molecule is CCCC1(C(=O)NCc2cccc(C#N)c2)CCNC1. The largest absolute Gasteiger partial charge is 0.352 e. The van der Waals surface area contributed by atoms with Crippen LogP contribution in [0.4, 0.5) is 0 Å². The van der Waals surface area contributed by atoms with Gasteiger partial charge in [-0.25, -0.2) is 0 Å². The van der Waals surface area contributed by atoms with E-state index in [4.69, 9.17) is 5.26 Å². The summed E-state index contributed by atoms with van der Waals surface area (Å²) in [7, 11) is 0. The number of nitrogens with zero attached hydrogens (tertiary/aromatic N) is 1. The predicted octanol–water partition coefficient (Wildman–Crippen LogP) is 1.95. The number of nitrogens with one attached hydrogen (secondary N) is 2. The van der Waals surface area contributed by atoms with Crippen LogP contribution >= 0.6 is 0 Å². The van der Waals surface area contributed by atoms with E-state index in [2.05, 4.69) is 23.6 Å². The van der Waals surface area contributed by atoms with Gasteiger partial charge in [-0.05, 0) is 37.1 Å². The Morgan fingerprint density at radius 1 is 1.55 bits per heavy atom. The molecule has 1 aromatic carbocycles. The van der Waals surface area contributed by atoms with E-state index in [9.17, 15) is 4.79 Å². The summed E-state index contributed by atoms with van der Waals surface area (Å²) in [5, 5.41) is 15.2. The molecule has 1 heterocycles. The summed E-state index contributed by atoms with van der Waals surface area (Å²) in [5.41, 5.74) is 1.35. The van der Waals surface area contributed by atoms with E-state index in [1.807, 2.05) is 18.2 Å². The maximum absolute atomic E-state index is 12.5. The van der Waals surface area contributed by atoms with Gasteiger partial charge in [0.1, 0.15) is 0 Å². The van der Waals surface area contributed by atoms with E-state index < -0.39 is 0 Å². The molecule has 1 saturated heterocycles. The van der Waals surface area contributed by atoms with Crippen molar-refractivity contribution in [2.24, 2.45) is 5.41 Å². The Morgan fingerprint density at radius 3 is 3.05 bits per heavy atom. The smallest absolute Gasteiger partial charge is 0.227 e. The Bertz CT molecular complexity index is 513. The molecule has 0 bridgehead atoms. The second-order valence-electron chi connectivity index (χ2n) is 5.45. The second kappa shape index (κ2) is 6.53. The topological polar surface area (TPSA) is 64.9 Å². The van der Waals surface area contributed by atoms with Crippen LogP contribution in [-0.4, -0.2) is 19.0 Å². The molecular formula is C16H21N3O. The van der Waals surface area contributed by atoms with Crippen LogP contribution in [0.25, 0.3) is 0 Å².